The highest BCUT2D eigenvalue weighted by Gasteiger charge is 2.10. The van der Waals surface area contributed by atoms with E-state index in [2.05, 4.69) is 21.2 Å². The maximum absolute atomic E-state index is 10.6. The van der Waals surface area contributed by atoms with E-state index in [9.17, 15) is 4.79 Å². The lowest BCUT2D eigenvalue weighted by Crippen LogP contribution is -2.19. The molecule has 82 valence electrons. The van der Waals surface area contributed by atoms with Crippen molar-refractivity contribution in [3.63, 3.8) is 0 Å². The van der Waals surface area contributed by atoms with E-state index < -0.39 is 11.9 Å². The van der Waals surface area contributed by atoms with Gasteiger partial charge in [0.1, 0.15) is 0 Å². The van der Waals surface area contributed by atoms with Crippen LogP contribution in [0.3, 0.4) is 0 Å². The van der Waals surface area contributed by atoms with Gasteiger partial charge in [0.15, 0.2) is 0 Å². The van der Waals surface area contributed by atoms with E-state index in [0.29, 0.717) is 11.6 Å². The topological polar surface area (TPSA) is 49.3 Å². The Morgan fingerprint density at radius 2 is 2.33 bits per heavy atom. The smallest absolute Gasteiger partial charge is 0.308 e. The molecule has 1 rings (SSSR count). The van der Waals surface area contributed by atoms with Crippen molar-refractivity contribution < 1.29 is 9.90 Å². The number of aliphatic carboxylic acids is 1. The van der Waals surface area contributed by atoms with Gasteiger partial charge >= 0.3 is 5.97 Å². The predicted octanol–water partition coefficient (Wildman–Crippen LogP) is 3.24. The highest BCUT2D eigenvalue weighted by Crippen LogP contribution is 2.25. The zero-order chi connectivity index (χ0) is 11.4. The lowest BCUT2D eigenvalue weighted by atomic mass is 10.2. The molecule has 0 fully saturated rings. The number of anilines is 1. The van der Waals surface area contributed by atoms with Gasteiger partial charge < -0.3 is 10.4 Å². The lowest BCUT2D eigenvalue weighted by Gasteiger charge is -2.10. The molecule has 0 radical (unpaired) electrons. The van der Waals surface area contributed by atoms with Crippen molar-refractivity contribution in [2.24, 2.45) is 5.92 Å². The van der Waals surface area contributed by atoms with Crippen molar-refractivity contribution in [1.82, 2.24) is 0 Å². The van der Waals surface area contributed by atoms with Gasteiger partial charge in [-0.05, 0) is 34.1 Å². The Morgan fingerprint density at radius 3 is 2.87 bits per heavy atom. The molecule has 1 aromatic carbocycles. The monoisotopic (exact) mass is 291 g/mol. The SMILES string of the molecule is CC(CNc1ccc(Cl)c(Br)c1)C(=O)O. The molecule has 0 amide bonds. The number of carboxylic acids is 1. The molecule has 0 saturated heterocycles. The van der Waals surface area contributed by atoms with Crippen LogP contribution in [0.25, 0.3) is 0 Å². The lowest BCUT2D eigenvalue weighted by molar-refractivity contribution is -0.140. The van der Waals surface area contributed by atoms with Gasteiger partial charge in [0, 0.05) is 16.7 Å². The van der Waals surface area contributed by atoms with Gasteiger partial charge in [0.05, 0.1) is 10.9 Å². The van der Waals surface area contributed by atoms with Crippen LogP contribution in [-0.2, 0) is 4.79 Å². The summed E-state index contributed by atoms with van der Waals surface area (Å²) in [6.07, 6.45) is 0. The maximum atomic E-state index is 10.6. The number of benzene rings is 1. The van der Waals surface area contributed by atoms with E-state index in [1.807, 2.05) is 12.1 Å². The molecule has 0 bridgehead atoms. The maximum Gasteiger partial charge on any atom is 0.308 e. The molecule has 1 atom stereocenters. The van der Waals surface area contributed by atoms with E-state index in [-0.39, 0.29) is 0 Å². The minimum absolute atomic E-state index is 0.392. The van der Waals surface area contributed by atoms with Crippen LogP contribution in [0, 0.1) is 5.92 Å². The fraction of sp³-hybridized carbons (Fsp3) is 0.300. The van der Waals surface area contributed by atoms with Crippen LogP contribution in [0.4, 0.5) is 5.69 Å². The summed E-state index contributed by atoms with van der Waals surface area (Å²) in [5, 5.41) is 12.3. The molecule has 5 heteroatoms. The van der Waals surface area contributed by atoms with Crippen molar-refractivity contribution in [3.05, 3.63) is 27.7 Å². The fourth-order valence-electron chi connectivity index (χ4n) is 0.964. The Kier molecular flexibility index (Phi) is 4.42. The van der Waals surface area contributed by atoms with Crippen LogP contribution in [0.15, 0.2) is 22.7 Å². The van der Waals surface area contributed by atoms with Crippen LogP contribution in [0.1, 0.15) is 6.92 Å². The molecule has 2 N–H and O–H groups in total. The largest absolute Gasteiger partial charge is 0.481 e. The normalized spacial score (nSPS) is 12.2. The summed E-state index contributed by atoms with van der Waals surface area (Å²) in [6.45, 7) is 2.05. The van der Waals surface area contributed by atoms with E-state index in [1.54, 1.807) is 13.0 Å². The van der Waals surface area contributed by atoms with Gasteiger partial charge in [-0.3, -0.25) is 4.79 Å². The predicted molar refractivity (Wildman–Crippen MR) is 64.4 cm³/mol. The number of rotatable bonds is 4. The number of nitrogens with one attached hydrogen (secondary N) is 1. The second-order valence-electron chi connectivity index (χ2n) is 3.25. The molecule has 0 spiro atoms. The molecule has 15 heavy (non-hydrogen) atoms. The summed E-state index contributed by atoms with van der Waals surface area (Å²) in [6, 6.07) is 5.37. The van der Waals surface area contributed by atoms with Crippen molar-refractivity contribution in [1.29, 1.82) is 0 Å². The van der Waals surface area contributed by atoms with Crippen molar-refractivity contribution in [2.45, 2.75) is 6.92 Å². The average Bonchev–Trinajstić information content (AvgIpc) is 2.19. The minimum atomic E-state index is -0.810. The number of carbonyl (C=O) groups is 1. The molecule has 1 aromatic rings. The molecule has 0 aliphatic rings. The Hall–Kier alpha value is -0.740. The van der Waals surface area contributed by atoms with Crippen LogP contribution in [-0.4, -0.2) is 17.6 Å². The molecule has 3 nitrogen and oxygen atoms in total. The number of carboxylic acid groups (broad SMARTS) is 1. The summed E-state index contributed by atoms with van der Waals surface area (Å²) in [7, 11) is 0. The van der Waals surface area contributed by atoms with Gasteiger partial charge in [0.25, 0.3) is 0 Å². The zero-order valence-electron chi connectivity index (χ0n) is 8.13. The van der Waals surface area contributed by atoms with E-state index in [1.165, 1.54) is 0 Å². The summed E-state index contributed by atoms with van der Waals surface area (Å²) < 4.78 is 0.789. The Morgan fingerprint density at radius 1 is 1.67 bits per heavy atom. The second-order valence-corrected chi connectivity index (χ2v) is 4.51. The molecule has 0 saturated carbocycles. The third kappa shape index (κ3) is 3.72. The Bertz CT molecular complexity index is 370. The first-order valence-corrected chi connectivity index (χ1v) is 5.59. The molecule has 0 aliphatic carbocycles. The number of hydrogen-bond acceptors (Lipinski definition) is 2. The molecular weight excluding hydrogens is 281 g/mol. The van der Waals surface area contributed by atoms with Gasteiger partial charge in [-0.1, -0.05) is 18.5 Å². The van der Waals surface area contributed by atoms with Crippen molar-refractivity contribution in [3.8, 4) is 0 Å². The van der Waals surface area contributed by atoms with E-state index >= 15 is 0 Å². The third-order valence-corrected chi connectivity index (χ3v) is 3.17. The zero-order valence-corrected chi connectivity index (χ0v) is 10.5. The standard InChI is InChI=1S/C10H11BrClNO2/c1-6(10(14)15)5-13-7-2-3-9(12)8(11)4-7/h2-4,6,13H,5H2,1H3,(H,14,15). The first-order chi connectivity index (χ1) is 7.00. The van der Waals surface area contributed by atoms with Crippen LogP contribution >= 0.6 is 27.5 Å². The summed E-state index contributed by atoms with van der Waals surface area (Å²) >= 11 is 9.12. The van der Waals surface area contributed by atoms with Crippen LogP contribution in [0.2, 0.25) is 5.02 Å². The molecule has 1 unspecified atom stereocenters. The van der Waals surface area contributed by atoms with E-state index in [0.717, 1.165) is 10.2 Å². The van der Waals surface area contributed by atoms with Gasteiger partial charge in [-0.25, -0.2) is 0 Å². The summed E-state index contributed by atoms with van der Waals surface area (Å²) in [5.41, 5.74) is 0.847. The average molecular weight is 293 g/mol. The molecular formula is C10H11BrClNO2. The second kappa shape index (κ2) is 5.37. The minimum Gasteiger partial charge on any atom is -0.481 e. The highest BCUT2D eigenvalue weighted by atomic mass is 79.9. The van der Waals surface area contributed by atoms with Crippen LogP contribution in [0.5, 0.6) is 0 Å². The first-order valence-electron chi connectivity index (χ1n) is 4.42. The highest BCUT2D eigenvalue weighted by molar-refractivity contribution is 9.10. The first kappa shape index (κ1) is 12.3. The van der Waals surface area contributed by atoms with Crippen molar-refractivity contribution >= 4 is 39.2 Å². The molecule has 0 aromatic heterocycles. The Balaban J connectivity index is 2.58. The summed E-state index contributed by atoms with van der Waals surface area (Å²) in [5.74, 6) is -1.23. The van der Waals surface area contributed by atoms with E-state index in [4.69, 9.17) is 16.7 Å². The van der Waals surface area contributed by atoms with Gasteiger partial charge in [-0.15, -0.1) is 0 Å². The van der Waals surface area contributed by atoms with Gasteiger partial charge in [0.2, 0.25) is 0 Å². The van der Waals surface area contributed by atoms with Gasteiger partial charge in [-0.2, -0.15) is 0 Å². The fourth-order valence-corrected chi connectivity index (χ4v) is 1.46. The Labute approximate surface area is 102 Å². The van der Waals surface area contributed by atoms with Crippen molar-refractivity contribution in [2.75, 3.05) is 11.9 Å². The van der Waals surface area contributed by atoms with Crippen LogP contribution < -0.4 is 5.32 Å². The third-order valence-electron chi connectivity index (χ3n) is 1.95. The number of halogens is 2. The quantitative estimate of drug-likeness (QED) is 0.896. The summed E-state index contributed by atoms with van der Waals surface area (Å²) in [4.78, 5) is 10.6. The molecule has 0 heterocycles. The number of hydrogen-bond donors (Lipinski definition) is 2. The molecule has 0 aliphatic heterocycles.